The van der Waals surface area contributed by atoms with Crippen molar-refractivity contribution in [3.05, 3.63) is 47.9 Å². The van der Waals surface area contributed by atoms with Gasteiger partial charge < -0.3 is 23.7 Å². The van der Waals surface area contributed by atoms with Crippen molar-refractivity contribution in [1.29, 1.82) is 0 Å². The van der Waals surface area contributed by atoms with Gasteiger partial charge in [-0.25, -0.2) is 0 Å². The smallest absolute Gasteiger partial charge is 0.242 e. The molecule has 2 rings (SSSR count). The van der Waals surface area contributed by atoms with Crippen LogP contribution in [0, 0.1) is 5.92 Å². The Labute approximate surface area is 191 Å². The molecule has 1 heterocycles. The number of benzene rings is 1. The normalized spacial score (nSPS) is 10.8. The lowest BCUT2D eigenvalue weighted by molar-refractivity contribution is -0.141. The molecule has 0 bridgehead atoms. The highest BCUT2D eigenvalue weighted by atomic mass is 16.5. The van der Waals surface area contributed by atoms with Gasteiger partial charge in [0, 0.05) is 19.5 Å². The number of carbonyl (C=O) groups is 2. The van der Waals surface area contributed by atoms with E-state index < -0.39 is 0 Å². The minimum atomic E-state index is -0.0908. The monoisotopic (exact) mass is 444 g/mol. The maximum absolute atomic E-state index is 13.3. The van der Waals surface area contributed by atoms with Gasteiger partial charge in [0.2, 0.25) is 11.8 Å². The average molecular weight is 445 g/mol. The fourth-order valence-electron chi connectivity index (χ4n) is 3.51. The van der Waals surface area contributed by atoms with E-state index in [0.29, 0.717) is 49.7 Å². The van der Waals surface area contributed by atoms with E-state index in [1.165, 1.54) is 0 Å². The maximum atomic E-state index is 13.3. The highest BCUT2D eigenvalue weighted by Crippen LogP contribution is 2.27. The summed E-state index contributed by atoms with van der Waals surface area (Å²) < 4.78 is 16.2. The number of ether oxygens (including phenoxy) is 2. The zero-order chi connectivity index (χ0) is 23.5. The first-order valence-electron chi connectivity index (χ1n) is 11.2. The number of methoxy groups -OCH3 is 2. The Morgan fingerprint density at radius 1 is 1.03 bits per heavy atom. The van der Waals surface area contributed by atoms with Crippen molar-refractivity contribution < 1.29 is 23.5 Å². The van der Waals surface area contributed by atoms with Crippen molar-refractivity contribution in [3.8, 4) is 11.5 Å². The summed E-state index contributed by atoms with van der Waals surface area (Å²) in [7, 11) is 3.20. The summed E-state index contributed by atoms with van der Waals surface area (Å²) in [5.41, 5.74) is 1.03. The lowest BCUT2D eigenvalue weighted by Crippen LogP contribution is -2.44. The van der Waals surface area contributed by atoms with Gasteiger partial charge >= 0.3 is 0 Å². The third-order valence-corrected chi connectivity index (χ3v) is 5.13. The highest BCUT2D eigenvalue weighted by Gasteiger charge is 2.22. The molecular formula is C25H36N2O5. The molecule has 0 atom stereocenters. The number of hydrogen-bond acceptors (Lipinski definition) is 5. The molecule has 7 nitrogen and oxygen atoms in total. The van der Waals surface area contributed by atoms with E-state index in [1.54, 1.807) is 30.3 Å². The van der Waals surface area contributed by atoms with E-state index in [-0.39, 0.29) is 24.3 Å². The maximum Gasteiger partial charge on any atom is 0.242 e. The number of carbonyl (C=O) groups excluding carboxylic acids is 2. The van der Waals surface area contributed by atoms with E-state index in [1.807, 2.05) is 51.1 Å². The molecule has 0 unspecified atom stereocenters. The Hall–Kier alpha value is -2.96. The van der Waals surface area contributed by atoms with Crippen LogP contribution in [0.4, 0.5) is 0 Å². The Morgan fingerprint density at radius 2 is 1.78 bits per heavy atom. The Morgan fingerprint density at radius 3 is 2.38 bits per heavy atom. The summed E-state index contributed by atoms with van der Waals surface area (Å²) in [4.78, 5) is 29.3. The fraction of sp³-hybridized carbons (Fsp3) is 0.520. The second-order valence-corrected chi connectivity index (χ2v) is 8.25. The van der Waals surface area contributed by atoms with Crippen LogP contribution in [0.1, 0.15) is 44.9 Å². The lowest BCUT2D eigenvalue weighted by Gasteiger charge is -2.28. The molecule has 0 N–H and O–H groups in total. The molecule has 1 aromatic heterocycles. The van der Waals surface area contributed by atoms with E-state index in [0.717, 1.165) is 12.0 Å². The van der Waals surface area contributed by atoms with Crippen LogP contribution in [-0.4, -0.2) is 55.5 Å². The second-order valence-electron chi connectivity index (χ2n) is 8.25. The van der Waals surface area contributed by atoms with Crippen LogP contribution < -0.4 is 9.47 Å². The van der Waals surface area contributed by atoms with Gasteiger partial charge in [-0.15, -0.1) is 0 Å². The minimum absolute atomic E-state index is 0.0207. The first-order valence-corrected chi connectivity index (χ1v) is 11.2. The molecule has 32 heavy (non-hydrogen) atoms. The summed E-state index contributed by atoms with van der Waals surface area (Å²) in [6.07, 6.45) is 3.45. The lowest BCUT2D eigenvalue weighted by atomic mass is 10.1. The van der Waals surface area contributed by atoms with Crippen LogP contribution in [0.5, 0.6) is 11.5 Å². The predicted molar refractivity (Wildman–Crippen MR) is 124 cm³/mol. The molecular weight excluding hydrogens is 408 g/mol. The van der Waals surface area contributed by atoms with Crippen molar-refractivity contribution in [2.45, 2.75) is 46.6 Å². The number of amides is 2. The molecule has 0 spiro atoms. The number of hydrogen-bond donors (Lipinski definition) is 0. The summed E-state index contributed by atoms with van der Waals surface area (Å²) >= 11 is 0. The molecule has 0 aliphatic rings. The van der Waals surface area contributed by atoms with Crippen molar-refractivity contribution in [2.24, 2.45) is 5.92 Å². The molecule has 1 aromatic carbocycles. The van der Waals surface area contributed by atoms with E-state index in [4.69, 9.17) is 13.9 Å². The van der Waals surface area contributed by atoms with Crippen molar-refractivity contribution in [2.75, 3.05) is 33.9 Å². The SMILES string of the molecule is CCCC(=O)N(CC(=O)N(CCc1ccc(OC)c(OC)c1)Cc1ccco1)CC(C)C. The molecule has 0 fully saturated rings. The van der Waals surface area contributed by atoms with Gasteiger partial charge in [-0.1, -0.05) is 26.8 Å². The molecule has 176 valence electrons. The molecule has 2 aromatic rings. The molecule has 2 amide bonds. The van der Waals surface area contributed by atoms with E-state index >= 15 is 0 Å². The summed E-state index contributed by atoms with van der Waals surface area (Å²) in [6, 6.07) is 9.41. The highest BCUT2D eigenvalue weighted by molar-refractivity contribution is 5.84. The zero-order valence-electron chi connectivity index (χ0n) is 19.9. The molecule has 0 radical (unpaired) electrons. The van der Waals surface area contributed by atoms with Crippen LogP contribution >= 0.6 is 0 Å². The van der Waals surface area contributed by atoms with Crippen LogP contribution in [0.2, 0.25) is 0 Å². The Kier molecular flexibility index (Phi) is 10.1. The van der Waals surface area contributed by atoms with Gasteiger partial charge in [0.1, 0.15) is 5.76 Å². The third kappa shape index (κ3) is 7.62. The number of nitrogens with zero attached hydrogens (tertiary/aromatic N) is 2. The second kappa shape index (κ2) is 12.8. The largest absolute Gasteiger partial charge is 0.493 e. The summed E-state index contributed by atoms with van der Waals surface area (Å²) in [6.45, 7) is 7.56. The van der Waals surface area contributed by atoms with E-state index in [2.05, 4.69) is 0 Å². The first kappa shape index (κ1) is 25.3. The topological polar surface area (TPSA) is 72.2 Å². The zero-order valence-corrected chi connectivity index (χ0v) is 19.9. The Bertz CT molecular complexity index is 848. The quantitative estimate of drug-likeness (QED) is 0.464. The molecule has 0 aliphatic heterocycles. The summed E-state index contributed by atoms with van der Waals surface area (Å²) in [5, 5.41) is 0. The van der Waals surface area contributed by atoms with Crippen LogP contribution in [-0.2, 0) is 22.6 Å². The Balaban J connectivity index is 2.14. The van der Waals surface area contributed by atoms with Crippen molar-refractivity contribution in [3.63, 3.8) is 0 Å². The minimum Gasteiger partial charge on any atom is -0.493 e. The predicted octanol–water partition coefficient (Wildman–Crippen LogP) is 4.15. The standard InChI is InChI=1S/C25H36N2O5/c1-6-8-24(28)27(16-19(2)3)18-25(29)26(17-21-9-7-14-32-21)13-12-20-10-11-22(30-4)23(15-20)31-5/h7,9-11,14-15,19H,6,8,12-13,16-18H2,1-5H3. The van der Waals surface area contributed by atoms with E-state index in [9.17, 15) is 9.59 Å². The van der Waals surface area contributed by atoms with Crippen LogP contribution in [0.15, 0.2) is 41.0 Å². The van der Waals surface area contributed by atoms with Gasteiger partial charge in [-0.05, 0) is 48.6 Å². The van der Waals surface area contributed by atoms with Gasteiger partial charge in [0.25, 0.3) is 0 Å². The molecule has 0 aliphatic carbocycles. The van der Waals surface area contributed by atoms with Crippen LogP contribution in [0.25, 0.3) is 0 Å². The van der Waals surface area contributed by atoms with Crippen molar-refractivity contribution >= 4 is 11.8 Å². The third-order valence-electron chi connectivity index (χ3n) is 5.13. The number of furan rings is 1. The van der Waals surface area contributed by atoms with Crippen molar-refractivity contribution in [1.82, 2.24) is 9.80 Å². The first-order chi connectivity index (χ1) is 15.4. The van der Waals surface area contributed by atoms with Gasteiger partial charge in [0.05, 0.1) is 33.6 Å². The molecule has 0 saturated heterocycles. The van der Waals surface area contributed by atoms with Gasteiger partial charge in [0.15, 0.2) is 11.5 Å². The molecule has 7 heteroatoms. The average Bonchev–Trinajstić information content (AvgIpc) is 3.28. The van der Waals surface area contributed by atoms with Crippen LogP contribution in [0.3, 0.4) is 0 Å². The van der Waals surface area contributed by atoms with Gasteiger partial charge in [-0.2, -0.15) is 0 Å². The fourth-order valence-corrected chi connectivity index (χ4v) is 3.51. The number of rotatable bonds is 13. The molecule has 0 saturated carbocycles. The van der Waals surface area contributed by atoms with Gasteiger partial charge in [-0.3, -0.25) is 9.59 Å². The summed E-state index contributed by atoms with van der Waals surface area (Å²) in [5.74, 6) is 2.25.